The Morgan fingerprint density at radius 3 is 2.83 bits per heavy atom. The van der Waals surface area contributed by atoms with Crippen LogP contribution in [0.1, 0.15) is 31.5 Å². The molecule has 1 aliphatic rings. The molecule has 0 atom stereocenters. The average Bonchev–Trinajstić information content (AvgIpc) is 2.87. The molecule has 1 aromatic heterocycles. The van der Waals surface area contributed by atoms with Crippen LogP contribution in [0.15, 0.2) is 4.52 Å². The summed E-state index contributed by atoms with van der Waals surface area (Å²) in [6.45, 7) is 4.81. The molecule has 1 saturated heterocycles. The molecule has 0 aliphatic carbocycles. The molecule has 1 N–H and O–H groups in total. The van der Waals surface area contributed by atoms with E-state index in [4.69, 9.17) is 14.0 Å². The van der Waals surface area contributed by atoms with Crippen molar-refractivity contribution in [3.63, 3.8) is 0 Å². The van der Waals surface area contributed by atoms with Crippen molar-refractivity contribution in [1.29, 1.82) is 0 Å². The molecule has 0 aromatic carbocycles. The minimum Gasteiger partial charge on any atom is -0.381 e. The smallest absolute Gasteiger partial charge is 0.228 e. The monoisotopic (exact) mass is 255 g/mol. The minimum absolute atomic E-state index is 0.422. The van der Waals surface area contributed by atoms with Gasteiger partial charge in [0, 0.05) is 45.6 Å². The van der Waals surface area contributed by atoms with Crippen LogP contribution in [-0.2, 0) is 21.5 Å². The summed E-state index contributed by atoms with van der Waals surface area (Å²) in [5.41, 5.74) is -0.422. The van der Waals surface area contributed by atoms with E-state index in [1.807, 2.05) is 14.0 Å². The number of rotatable bonds is 6. The van der Waals surface area contributed by atoms with Gasteiger partial charge in [0.25, 0.3) is 0 Å². The molecule has 6 nitrogen and oxygen atoms in total. The molecule has 18 heavy (non-hydrogen) atoms. The Morgan fingerprint density at radius 1 is 1.39 bits per heavy atom. The number of hydrogen-bond donors (Lipinski definition) is 1. The van der Waals surface area contributed by atoms with Gasteiger partial charge in [-0.1, -0.05) is 5.16 Å². The molecule has 102 valence electrons. The summed E-state index contributed by atoms with van der Waals surface area (Å²) in [7, 11) is 1.90. The molecule has 1 aliphatic heterocycles. The number of aromatic nitrogens is 2. The summed E-state index contributed by atoms with van der Waals surface area (Å²) < 4.78 is 16.6. The lowest BCUT2D eigenvalue weighted by atomic mass is 9.93. The first-order valence-electron chi connectivity index (χ1n) is 6.50. The predicted octanol–water partition coefficient (Wildman–Crippen LogP) is 0.874. The molecule has 0 saturated carbocycles. The Kier molecular flexibility index (Phi) is 4.68. The largest absolute Gasteiger partial charge is 0.381 e. The normalized spacial score (nSPS) is 19.0. The van der Waals surface area contributed by atoms with Crippen LogP contribution in [0.25, 0.3) is 0 Å². The van der Waals surface area contributed by atoms with E-state index in [1.165, 1.54) is 0 Å². The van der Waals surface area contributed by atoms with Crippen LogP contribution in [0.3, 0.4) is 0 Å². The van der Waals surface area contributed by atoms with Gasteiger partial charge in [-0.3, -0.25) is 0 Å². The van der Waals surface area contributed by atoms with Crippen molar-refractivity contribution in [3.05, 3.63) is 11.7 Å². The van der Waals surface area contributed by atoms with Gasteiger partial charge in [-0.15, -0.1) is 0 Å². The van der Waals surface area contributed by atoms with Crippen LogP contribution < -0.4 is 5.32 Å². The van der Waals surface area contributed by atoms with Gasteiger partial charge in [-0.05, 0) is 14.0 Å². The van der Waals surface area contributed by atoms with Crippen LogP contribution in [0.4, 0.5) is 0 Å². The highest BCUT2D eigenvalue weighted by atomic mass is 16.5. The fraction of sp³-hybridized carbons (Fsp3) is 0.833. The number of likely N-dealkylation sites (N-methyl/N-ethyl adjacent to an activating group) is 1. The number of nitrogens with one attached hydrogen (secondary N) is 1. The third-order valence-electron chi connectivity index (χ3n) is 3.19. The van der Waals surface area contributed by atoms with E-state index in [2.05, 4.69) is 15.5 Å². The Hall–Kier alpha value is -0.980. The van der Waals surface area contributed by atoms with Gasteiger partial charge in [0.15, 0.2) is 0 Å². The maximum atomic E-state index is 5.89. The highest BCUT2D eigenvalue weighted by molar-refractivity contribution is 5.03. The molecule has 2 rings (SSSR count). The first kappa shape index (κ1) is 13.5. The molecule has 1 fully saturated rings. The molecule has 0 bridgehead atoms. The second kappa shape index (κ2) is 6.26. The fourth-order valence-electron chi connectivity index (χ4n) is 2.18. The van der Waals surface area contributed by atoms with Crippen molar-refractivity contribution in [1.82, 2.24) is 15.5 Å². The van der Waals surface area contributed by atoms with E-state index in [-0.39, 0.29) is 0 Å². The van der Waals surface area contributed by atoms with Crippen LogP contribution in [-0.4, -0.2) is 43.6 Å². The lowest BCUT2D eigenvalue weighted by Gasteiger charge is -2.33. The molecular weight excluding hydrogens is 234 g/mol. The fourth-order valence-corrected chi connectivity index (χ4v) is 2.18. The zero-order chi connectivity index (χ0) is 12.8. The molecule has 1 aromatic rings. The average molecular weight is 255 g/mol. The Morgan fingerprint density at radius 2 is 2.17 bits per heavy atom. The zero-order valence-electron chi connectivity index (χ0n) is 11.1. The van der Waals surface area contributed by atoms with Gasteiger partial charge < -0.3 is 19.3 Å². The van der Waals surface area contributed by atoms with Crippen molar-refractivity contribution in [2.24, 2.45) is 0 Å². The van der Waals surface area contributed by atoms with Crippen LogP contribution in [0.2, 0.25) is 0 Å². The number of hydrogen-bond acceptors (Lipinski definition) is 6. The summed E-state index contributed by atoms with van der Waals surface area (Å²) in [5.74, 6) is 1.32. The molecule has 0 unspecified atom stereocenters. The molecule has 6 heteroatoms. The summed E-state index contributed by atoms with van der Waals surface area (Å²) in [6.07, 6.45) is 2.31. The van der Waals surface area contributed by atoms with Crippen molar-refractivity contribution >= 4 is 0 Å². The summed E-state index contributed by atoms with van der Waals surface area (Å²) >= 11 is 0. The van der Waals surface area contributed by atoms with Crippen molar-refractivity contribution < 1.29 is 14.0 Å². The molecule has 0 radical (unpaired) electrons. The topological polar surface area (TPSA) is 69.4 Å². The van der Waals surface area contributed by atoms with E-state index in [0.717, 1.165) is 25.8 Å². The second-order valence-corrected chi connectivity index (χ2v) is 4.40. The minimum atomic E-state index is -0.422. The Bertz CT molecular complexity index is 356. The molecule has 2 heterocycles. The lowest BCUT2D eigenvalue weighted by Crippen LogP contribution is -2.37. The number of ether oxygens (including phenoxy) is 2. The maximum absolute atomic E-state index is 5.89. The molecule has 0 spiro atoms. The summed E-state index contributed by atoms with van der Waals surface area (Å²) in [4.78, 5) is 4.46. The standard InChI is InChI=1S/C12H21N3O3/c1-3-17-12(5-8-16-9-6-12)11-14-10(18-15-11)4-7-13-2/h13H,3-9H2,1-2H3. The van der Waals surface area contributed by atoms with Crippen LogP contribution in [0, 0.1) is 0 Å². The molecular formula is C12H21N3O3. The highest BCUT2D eigenvalue weighted by Crippen LogP contribution is 2.34. The third kappa shape index (κ3) is 2.88. The third-order valence-corrected chi connectivity index (χ3v) is 3.19. The quantitative estimate of drug-likeness (QED) is 0.813. The van der Waals surface area contributed by atoms with Gasteiger partial charge in [0.2, 0.25) is 11.7 Å². The van der Waals surface area contributed by atoms with E-state index >= 15 is 0 Å². The van der Waals surface area contributed by atoms with E-state index < -0.39 is 5.60 Å². The van der Waals surface area contributed by atoms with E-state index in [1.54, 1.807) is 0 Å². The van der Waals surface area contributed by atoms with Gasteiger partial charge in [-0.2, -0.15) is 4.98 Å². The van der Waals surface area contributed by atoms with E-state index in [0.29, 0.717) is 31.5 Å². The predicted molar refractivity (Wildman–Crippen MR) is 65.3 cm³/mol. The van der Waals surface area contributed by atoms with Crippen LogP contribution >= 0.6 is 0 Å². The highest BCUT2D eigenvalue weighted by Gasteiger charge is 2.39. The van der Waals surface area contributed by atoms with E-state index in [9.17, 15) is 0 Å². The SMILES string of the molecule is CCOC1(c2noc(CCNC)n2)CCOCC1. The first-order valence-corrected chi connectivity index (χ1v) is 6.50. The lowest BCUT2D eigenvalue weighted by molar-refractivity contribution is -0.118. The second-order valence-electron chi connectivity index (χ2n) is 4.40. The Labute approximate surface area is 107 Å². The van der Waals surface area contributed by atoms with Crippen molar-refractivity contribution in [2.75, 3.05) is 33.4 Å². The zero-order valence-corrected chi connectivity index (χ0v) is 11.1. The van der Waals surface area contributed by atoms with Gasteiger partial charge in [0.05, 0.1) is 0 Å². The van der Waals surface area contributed by atoms with Gasteiger partial charge in [-0.25, -0.2) is 0 Å². The number of nitrogens with zero attached hydrogens (tertiary/aromatic N) is 2. The van der Waals surface area contributed by atoms with Crippen LogP contribution in [0.5, 0.6) is 0 Å². The van der Waals surface area contributed by atoms with Crippen molar-refractivity contribution in [2.45, 2.75) is 31.8 Å². The molecule has 0 amide bonds. The summed E-state index contributed by atoms with van der Waals surface area (Å²) in [5, 5.41) is 7.15. The Balaban J connectivity index is 2.12. The maximum Gasteiger partial charge on any atom is 0.228 e. The van der Waals surface area contributed by atoms with Crippen molar-refractivity contribution in [3.8, 4) is 0 Å². The summed E-state index contributed by atoms with van der Waals surface area (Å²) in [6, 6.07) is 0. The van der Waals surface area contributed by atoms with Gasteiger partial charge >= 0.3 is 0 Å². The first-order chi connectivity index (χ1) is 8.80. The van der Waals surface area contributed by atoms with Gasteiger partial charge in [0.1, 0.15) is 5.60 Å².